The van der Waals surface area contributed by atoms with Gasteiger partial charge in [-0.1, -0.05) is 6.07 Å². The van der Waals surface area contributed by atoms with Crippen molar-refractivity contribution in [2.45, 2.75) is 25.0 Å². The van der Waals surface area contributed by atoms with E-state index in [1.54, 1.807) is 46.8 Å². The summed E-state index contributed by atoms with van der Waals surface area (Å²) in [5, 5.41) is 4.87. The zero-order valence-corrected chi connectivity index (χ0v) is 15.6. The Hall–Kier alpha value is -2.51. The molecule has 0 aliphatic carbocycles. The lowest BCUT2D eigenvalue weighted by atomic mass is 9.89. The first-order chi connectivity index (χ1) is 13.2. The molecule has 2 amide bonds. The van der Waals surface area contributed by atoms with Gasteiger partial charge in [0.1, 0.15) is 0 Å². The maximum Gasteiger partial charge on any atom is 0.246 e. The van der Waals surface area contributed by atoms with Crippen molar-refractivity contribution in [1.29, 1.82) is 0 Å². The Labute approximate surface area is 161 Å². The van der Waals surface area contributed by atoms with E-state index in [1.807, 2.05) is 23.6 Å². The zero-order valence-electron chi connectivity index (χ0n) is 14.8. The first kappa shape index (κ1) is 17.9. The van der Waals surface area contributed by atoms with Crippen LogP contribution in [0.2, 0.25) is 0 Å². The van der Waals surface area contributed by atoms with Gasteiger partial charge < -0.3 is 15.0 Å². The van der Waals surface area contributed by atoms with Crippen LogP contribution in [0.4, 0.5) is 5.69 Å². The molecule has 140 valence electrons. The van der Waals surface area contributed by atoms with E-state index < -0.39 is 0 Å². The minimum Gasteiger partial charge on any atom is -0.376 e. The van der Waals surface area contributed by atoms with Gasteiger partial charge in [-0.25, -0.2) is 0 Å². The largest absolute Gasteiger partial charge is 0.376 e. The predicted molar refractivity (Wildman–Crippen MR) is 104 cm³/mol. The molecule has 0 saturated carbocycles. The van der Waals surface area contributed by atoms with Crippen LogP contribution in [0.3, 0.4) is 0 Å². The van der Waals surface area contributed by atoms with Crippen molar-refractivity contribution in [3.63, 3.8) is 0 Å². The molecule has 2 aromatic rings. The van der Waals surface area contributed by atoms with Gasteiger partial charge in [0.15, 0.2) is 0 Å². The topological polar surface area (TPSA) is 71.5 Å². The second-order valence-corrected chi connectivity index (χ2v) is 7.75. The molecule has 7 heteroatoms. The number of carbonyl (C=O) groups is 2. The Kier molecular flexibility index (Phi) is 5.31. The number of amides is 2. The standard InChI is InChI=1S/C20H21N3O3S/c24-19(6-5-16-4-2-10-27-16)23-13-14(11-18-17(23)7-9-26-18)20(25)22-15-3-1-8-21-12-15/h1-6,8,10,12,14,17-18H,7,9,11,13H2,(H,22,25)/b6-5+/t14-,17+,18+/m0/s1. The van der Waals surface area contributed by atoms with E-state index in [4.69, 9.17) is 4.74 Å². The molecule has 2 saturated heterocycles. The molecule has 0 spiro atoms. The third kappa shape index (κ3) is 4.09. The van der Waals surface area contributed by atoms with Gasteiger partial charge in [0.25, 0.3) is 0 Å². The number of hydrogen-bond donors (Lipinski definition) is 1. The molecule has 4 rings (SSSR count). The second-order valence-electron chi connectivity index (χ2n) is 6.77. The molecule has 2 fully saturated rings. The summed E-state index contributed by atoms with van der Waals surface area (Å²) in [6, 6.07) is 7.55. The van der Waals surface area contributed by atoms with Crippen molar-refractivity contribution in [1.82, 2.24) is 9.88 Å². The molecule has 0 radical (unpaired) electrons. The Morgan fingerprint density at radius 2 is 2.26 bits per heavy atom. The van der Waals surface area contributed by atoms with Gasteiger partial charge in [-0.15, -0.1) is 11.3 Å². The number of thiophene rings is 1. The number of anilines is 1. The van der Waals surface area contributed by atoms with Crippen LogP contribution in [-0.4, -0.2) is 47.0 Å². The van der Waals surface area contributed by atoms with Gasteiger partial charge in [0.05, 0.1) is 29.9 Å². The minimum atomic E-state index is -0.302. The fourth-order valence-corrected chi connectivity index (χ4v) is 4.32. The molecule has 6 nitrogen and oxygen atoms in total. The summed E-state index contributed by atoms with van der Waals surface area (Å²) in [6.07, 6.45) is 8.08. The fourth-order valence-electron chi connectivity index (χ4n) is 3.71. The third-order valence-corrected chi connectivity index (χ3v) is 5.86. The number of fused-ring (bicyclic) bond motifs is 1. The smallest absolute Gasteiger partial charge is 0.246 e. The van der Waals surface area contributed by atoms with Gasteiger partial charge in [-0.05, 0) is 42.5 Å². The number of rotatable bonds is 4. The highest BCUT2D eigenvalue weighted by atomic mass is 32.1. The van der Waals surface area contributed by atoms with E-state index in [1.165, 1.54) is 0 Å². The molecule has 2 aliphatic rings. The molecule has 27 heavy (non-hydrogen) atoms. The maximum absolute atomic E-state index is 12.8. The van der Waals surface area contributed by atoms with Crippen molar-refractivity contribution < 1.29 is 14.3 Å². The van der Waals surface area contributed by atoms with Crippen LogP contribution in [0.5, 0.6) is 0 Å². The molecule has 2 aliphatic heterocycles. The molecule has 2 aromatic heterocycles. The summed E-state index contributed by atoms with van der Waals surface area (Å²) in [6.45, 7) is 1.04. The zero-order chi connectivity index (χ0) is 18.6. The van der Waals surface area contributed by atoms with E-state index in [0.29, 0.717) is 25.3 Å². The van der Waals surface area contributed by atoms with Crippen LogP contribution in [0, 0.1) is 5.92 Å². The monoisotopic (exact) mass is 383 g/mol. The van der Waals surface area contributed by atoms with Crippen molar-refractivity contribution in [2.75, 3.05) is 18.5 Å². The van der Waals surface area contributed by atoms with Gasteiger partial charge in [0.2, 0.25) is 11.8 Å². The Balaban J connectivity index is 1.47. The first-order valence-electron chi connectivity index (χ1n) is 9.05. The van der Waals surface area contributed by atoms with Gasteiger partial charge in [-0.2, -0.15) is 0 Å². The molecule has 0 aromatic carbocycles. The Morgan fingerprint density at radius 3 is 3.04 bits per heavy atom. The molecular weight excluding hydrogens is 362 g/mol. The summed E-state index contributed by atoms with van der Waals surface area (Å²) in [4.78, 5) is 32.4. The van der Waals surface area contributed by atoms with E-state index >= 15 is 0 Å². The maximum atomic E-state index is 12.8. The number of carbonyl (C=O) groups excluding carboxylic acids is 2. The van der Waals surface area contributed by atoms with E-state index in [-0.39, 0.29) is 29.9 Å². The van der Waals surface area contributed by atoms with Crippen molar-refractivity contribution in [3.05, 3.63) is 53.0 Å². The van der Waals surface area contributed by atoms with Crippen molar-refractivity contribution >= 4 is 34.9 Å². The summed E-state index contributed by atoms with van der Waals surface area (Å²) >= 11 is 1.59. The van der Waals surface area contributed by atoms with E-state index in [2.05, 4.69) is 10.3 Å². The SMILES string of the molecule is O=C(Nc1cccnc1)[C@H]1C[C@H]2OCC[C@H]2N(C(=O)/C=C/c2cccs2)C1. The molecule has 4 heterocycles. The average molecular weight is 383 g/mol. The number of nitrogens with one attached hydrogen (secondary N) is 1. The summed E-state index contributed by atoms with van der Waals surface area (Å²) in [7, 11) is 0. The third-order valence-electron chi connectivity index (χ3n) is 5.03. The highest BCUT2D eigenvalue weighted by Gasteiger charge is 2.43. The fraction of sp³-hybridized carbons (Fsp3) is 0.350. The number of piperidine rings is 1. The number of likely N-dealkylation sites (tertiary alicyclic amines) is 1. The van der Waals surface area contributed by atoms with Gasteiger partial charge >= 0.3 is 0 Å². The van der Waals surface area contributed by atoms with Gasteiger partial charge in [0, 0.05) is 30.3 Å². The normalized spacial score (nSPS) is 24.7. The highest BCUT2D eigenvalue weighted by Crippen LogP contribution is 2.32. The molecular formula is C20H21N3O3S. The van der Waals surface area contributed by atoms with Gasteiger partial charge in [-0.3, -0.25) is 14.6 Å². The minimum absolute atomic E-state index is 0.0490. The van der Waals surface area contributed by atoms with Crippen molar-refractivity contribution in [2.24, 2.45) is 5.92 Å². The highest BCUT2D eigenvalue weighted by molar-refractivity contribution is 7.10. The Morgan fingerprint density at radius 1 is 1.33 bits per heavy atom. The number of nitrogens with zero attached hydrogens (tertiary/aromatic N) is 2. The van der Waals surface area contributed by atoms with Crippen LogP contribution < -0.4 is 5.32 Å². The summed E-state index contributed by atoms with van der Waals surface area (Å²) in [5.74, 6) is -0.469. The van der Waals surface area contributed by atoms with Crippen molar-refractivity contribution in [3.8, 4) is 0 Å². The average Bonchev–Trinajstić information content (AvgIpc) is 3.37. The van der Waals surface area contributed by atoms with Crippen LogP contribution in [0.15, 0.2) is 48.1 Å². The second kappa shape index (κ2) is 8.02. The molecule has 1 N–H and O–H groups in total. The van der Waals surface area contributed by atoms with Crippen LogP contribution >= 0.6 is 11.3 Å². The number of aromatic nitrogens is 1. The lowest BCUT2D eigenvalue weighted by molar-refractivity contribution is -0.136. The predicted octanol–water partition coefficient (Wildman–Crippen LogP) is 2.80. The summed E-state index contributed by atoms with van der Waals surface area (Å²) in [5.41, 5.74) is 0.660. The first-order valence-corrected chi connectivity index (χ1v) is 9.93. The van der Waals surface area contributed by atoms with Crippen LogP contribution in [0.1, 0.15) is 17.7 Å². The lowest BCUT2D eigenvalue weighted by Gasteiger charge is -2.39. The molecule has 0 bridgehead atoms. The quantitative estimate of drug-likeness (QED) is 0.824. The summed E-state index contributed by atoms with van der Waals surface area (Å²) < 4.78 is 5.81. The lowest BCUT2D eigenvalue weighted by Crippen LogP contribution is -2.53. The number of ether oxygens (including phenoxy) is 1. The van der Waals surface area contributed by atoms with Crippen LogP contribution in [-0.2, 0) is 14.3 Å². The van der Waals surface area contributed by atoms with E-state index in [0.717, 1.165) is 11.3 Å². The van der Waals surface area contributed by atoms with E-state index in [9.17, 15) is 9.59 Å². The Bertz CT molecular complexity index is 822. The van der Waals surface area contributed by atoms with Crippen LogP contribution in [0.25, 0.3) is 6.08 Å². The molecule has 0 unspecified atom stereocenters. The number of pyridine rings is 1. The molecule has 3 atom stereocenters. The number of hydrogen-bond acceptors (Lipinski definition) is 5.